The fourth-order valence-corrected chi connectivity index (χ4v) is 2.10. The topological polar surface area (TPSA) is 29.1 Å². The zero-order chi connectivity index (χ0) is 9.97. The minimum atomic E-state index is 0.186. The summed E-state index contributed by atoms with van der Waals surface area (Å²) < 4.78 is 0. The molecule has 2 heteroatoms. The van der Waals surface area contributed by atoms with Crippen LogP contribution in [0.5, 0.6) is 0 Å². The van der Waals surface area contributed by atoms with Crippen LogP contribution < -0.4 is 5.32 Å². The van der Waals surface area contributed by atoms with Crippen molar-refractivity contribution in [2.75, 3.05) is 0 Å². The molecule has 1 aromatic rings. The lowest BCUT2D eigenvalue weighted by molar-refractivity contribution is -0.119. The Morgan fingerprint density at radius 1 is 1.36 bits per heavy atom. The lowest BCUT2D eigenvalue weighted by Crippen LogP contribution is -2.20. The monoisotopic (exact) mass is 189 g/mol. The van der Waals surface area contributed by atoms with Crippen molar-refractivity contribution in [2.24, 2.45) is 5.92 Å². The molecule has 0 unspecified atom stereocenters. The fourth-order valence-electron chi connectivity index (χ4n) is 2.10. The number of carbonyl (C=O) groups is 1. The zero-order valence-corrected chi connectivity index (χ0v) is 8.36. The van der Waals surface area contributed by atoms with Crippen LogP contribution in [0.1, 0.15) is 31.4 Å². The van der Waals surface area contributed by atoms with Crippen LogP contribution in [0.15, 0.2) is 30.3 Å². The third-order valence-corrected chi connectivity index (χ3v) is 2.92. The standard InChI is InChI=1S/C12H15NO/c1-2-9-8-11(14)13-12(9)10-6-4-3-5-7-10/h3-7,9,12H,2,8H2,1H3,(H,13,14)/t9-,12-/m1/s1. The summed E-state index contributed by atoms with van der Waals surface area (Å²) in [6, 6.07) is 10.4. The van der Waals surface area contributed by atoms with E-state index in [0.717, 1.165) is 6.42 Å². The van der Waals surface area contributed by atoms with Crippen LogP contribution in [0.25, 0.3) is 0 Å². The number of amides is 1. The Morgan fingerprint density at radius 2 is 2.07 bits per heavy atom. The molecule has 2 atom stereocenters. The average Bonchev–Trinajstić information content (AvgIpc) is 2.61. The van der Waals surface area contributed by atoms with Gasteiger partial charge in [-0.1, -0.05) is 43.7 Å². The summed E-state index contributed by atoms with van der Waals surface area (Å²) in [6.45, 7) is 2.14. The summed E-state index contributed by atoms with van der Waals surface area (Å²) in [4.78, 5) is 11.3. The quantitative estimate of drug-likeness (QED) is 0.759. The van der Waals surface area contributed by atoms with Crippen molar-refractivity contribution in [3.05, 3.63) is 35.9 Å². The SMILES string of the molecule is CC[C@@H]1CC(=O)N[C@H]1c1ccccc1. The van der Waals surface area contributed by atoms with E-state index >= 15 is 0 Å². The summed E-state index contributed by atoms with van der Waals surface area (Å²) in [5.41, 5.74) is 1.23. The molecule has 14 heavy (non-hydrogen) atoms. The molecule has 2 rings (SSSR count). The molecule has 1 aliphatic rings. The van der Waals surface area contributed by atoms with E-state index in [-0.39, 0.29) is 11.9 Å². The lowest BCUT2D eigenvalue weighted by Gasteiger charge is -2.17. The Kier molecular flexibility index (Phi) is 2.53. The van der Waals surface area contributed by atoms with Gasteiger partial charge in [0, 0.05) is 6.42 Å². The van der Waals surface area contributed by atoms with E-state index in [4.69, 9.17) is 0 Å². The molecule has 1 N–H and O–H groups in total. The number of carbonyl (C=O) groups excluding carboxylic acids is 1. The normalized spacial score (nSPS) is 26.2. The average molecular weight is 189 g/mol. The van der Waals surface area contributed by atoms with E-state index in [2.05, 4.69) is 24.4 Å². The van der Waals surface area contributed by atoms with E-state index in [1.54, 1.807) is 0 Å². The van der Waals surface area contributed by atoms with E-state index in [0.29, 0.717) is 12.3 Å². The van der Waals surface area contributed by atoms with Crippen molar-refractivity contribution < 1.29 is 4.79 Å². The van der Waals surface area contributed by atoms with Crippen LogP contribution in [0.3, 0.4) is 0 Å². The van der Waals surface area contributed by atoms with Gasteiger partial charge in [-0.2, -0.15) is 0 Å². The van der Waals surface area contributed by atoms with Gasteiger partial charge in [0.25, 0.3) is 0 Å². The van der Waals surface area contributed by atoms with Crippen molar-refractivity contribution >= 4 is 5.91 Å². The number of hydrogen-bond donors (Lipinski definition) is 1. The zero-order valence-electron chi connectivity index (χ0n) is 8.36. The minimum absolute atomic E-state index is 0.186. The molecule has 2 nitrogen and oxygen atoms in total. The van der Waals surface area contributed by atoms with Crippen molar-refractivity contribution in [1.82, 2.24) is 5.32 Å². The molecule has 1 aromatic carbocycles. The molecule has 0 aromatic heterocycles. The van der Waals surface area contributed by atoms with Crippen LogP contribution in [-0.2, 0) is 4.79 Å². The van der Waals surface area contributed by atoms with Crippen LogP contribution >= 0.6 is 0 Å². The van der Waals surface area contributed by atoms with E-state index in [1.165, 1.54) is 5.56 Å². The predicted octanol–water partition coefficient (Wildman–Crippen LogP) is 2.27. The number of nitrogens with one attached hydrogen (secondary N) is 1. The predicted molar refractivity (Wildman–Crippen MR) is 55.7 cm³/mol. The maximum absolute atomic E-state index is 11.3. The smallest absolute Gasteiger partial charge is 0.220 e. The molecule has 1 heterocycles. The Hall–Kier alpha value is -1.31. The number of rotatable bonds is 2. The van der Waals surface area contributed by atoms with Crippen LogP contribution in [-0.4, -0.2) is 5.91 Å². The van der Waals surface area contributed by atoms with Gasteiger partial charge >= 0.3 is 0 Å². The van der Waals surface area contributed by atoms with Gasteiger partial charge in [0.2, 0.25) is 5.91 Å². The highest BCUT2D eigenvalue weighted by atomic mass is 16.2. The minimum Gasteiger partial charge on any atom is -0.349 e. The van der Waals surface area contributed by atoms with Gasteiger partial charge in [-0.15, -0.1) is 0 Å². The van der Waals surface area contributed by atoms with Gasteiger partial charge in [-0.3, -0.25) is 4.79 Å². The Labute approximate surface area is 84.3 Å². The highest BCUT2D eigenvalue weighted by Crippen LogP contribution is 2.31. The van der Waals surface area contributed by atoms with Crippen LogP contribution in [0.4, 0.5) is 0 Å². The Morgan fingerprint density at radius 3 is 2.71 bits per heavy atom. The van der Waals surface area contributed by atoms with Crippen molar-refractivity contribution in [3.63, 3.8) is 0 Å². The van der Waals surface area contributed by atoms with Crippen molar-refractivity contribution in [1.29, 1.82) is 0 Å². The van der Waals surface area contributed by atoms with Gasteiger partial charge < -0.3 is 5.32 Å². The molecule has 0 aliphatic carbocycles. The first-order valence-corrected chi connectivity index (χ1v) is 5.15. The van der Waals surface area contributed by atoms with Gasteiger partial charge in [0.1, 0.15) is 0 Å². The van der Waals surface area contributed by atoms with Gasteiger partial charge in [-0.25, -0.2) is 0 Å². The molecule has 1 aliphatic heterocycles. The summed E-state index contributed by atoms with van der Waals surface area (Å²) >= 11 is 0. The third kappa shape index (κ3) is 1.65. The van der Waals surface area contributed by atoms with Crippen LogP contribution in [0.2, 0.25) is 0 Å². The maximum atomic E-state index is 11.3. The second kappa shape index (κ2) is 3.82. The summed E-state index contributed by atoms with van der Waals surface area (Å²) in [5, 5.41) is 3.03. The molecule has 0 saturated carbocycles. The highest BCUT2D eigenvalue weighted by molar-refractivity contribution is 5.79. The molecule has 74 valence electrons. The summed E-state index contributed by atoms with van der Waals surface area (Å²) in [7, 11) is 0. The Bertz CT molecular complexity index is 320. The van der Waals surface area contributed by atoms with Crippen molar-refractivity contribution in [2.45, 2.75) is 25.8 Å². The molecule has 0 radical (unpaired) electrons. The summed E-state index contributed by atoms with van der Waals surface area (Å²) in [6.07, 6.45) is 1.73. The molecule has 1 fully saturated rings. The second-order valence-electron chi connectivity index (χ2n) is 3.83. The largest absolute Gasteiger partial charge is 0.349 e. The molecule has 0 spiro atoms. The molecule has 1 saturated heterocycles. The van der Waals surface area contributed by atoms with Gasteiger partial charge in [0.05, 0.1) is 6.04 Å². The highest BCUT2D eigenvalue weighted by Gasteiger charge is 2.31. The van der Waals surface area contributed by atoms with E-state index in [1.807, 2.05) is 18.2 Å². The lowest BCUT2D eigenvalue weighted by atomic mass is 9.92. The number of benzene rings is 1. The van der Waals surface area contributed by atoms with Crippen LogP contribution in [0, 0.1) is 5.92 Å². The van der Waals surface area contributed by atoms with Gasteiger partial charge in [0.15, 0.2) is 0 Å². The first-order chi connectivity index (χ1) is 6.81. The second-order valence-corrected chi connectivity index (χ2v) is 3.83. The van der Waals surface area contributed by atoms with Gasteiger partial charge in [-0.05, 0) is 11.5 Å². The molecule has 0 bridgehead atoms. The van der Waals surface area contributed by atoms with E-state index in [9.17, 15) is 4.79 Å². The Balaban J connectivity index is 2.22. The first-order valence-electron chi connectivity index (χ1n) is 5.15. The molecular formula is C12H15NO. The summed E-state index contributed by atoms with van der Waals surface area (Å²) in [5.74, 6) is 0.649. The molecular weight excluding hydrogens is 174 g/mol. The fraction of sp³-hybridized carbons (Fsp3) is 0.417. The maximum Gasteiger partial charge on any atom is 0.220 e. The van der Waals surface area contributed by atoms with Crippen molar-refractivity contribution in [3.8, 4) is 0 Å². The molecule has 1 amide bonds. The third-order valence-electron chi connectivity index (χ3n) is 2.92. The number of hydrogen-bond acceptors (Lipinski definition) is 1. The van der Waals surface area contributed by atoms with E-state index < -0.39 is 0 Å². The first kappa shape index (κ1) is 9.25.